The van der Waals surface area contributed by atoms with E-state index in [0.29, 0.717) is 29.3 Å². The zero-order valence-electron chi connectivity index (χ0n) is 12.0. The van der Waals surface area contributed by atoms with E-state index in [1.165, 1.54) is 0 Å². The monoisotopic (exact) mass is 317 g/mol. The molecule has 1 aliphatic rings. The van der Waals surface area contributed by atoms with Crippen molar-refractivity contribution in [2.45, 2.75) is 48.9 Å². The van der Waals surface area contributed by atoms with Gasteiger partial charge in [0.25, 0.3) is 0 Å². The van der Waals surface area contributed by atoms with Gasteiger partial charge in [-0.3, -0.25) is 0 Å². The van der Waals surface area contributed by atoms with E-state index in [2.05, 4.69) is 11.6 Å². The summed E-state index contributed by atoms with van der Waals surface area (Å²) >= 11 is 1.74. The number of hydrogen-bond acceptors (Lipinski definition) is 4. The number of nitrogens with one attached hydrogen (secondary N) is 1. The topological polar surface area (TPSA) is 77.1 Å². The van der Waals surface area contributed by atoms with Gasteiger partial charge < -0.3 is 10.3 Å². The van der Waals surface area contributed by atoms with Gasteiger partial charge in [-0.05, 0) is 31.6 Å². The van der Waals surface area contributed by atoms with Crippen LogP contribution >= 0.6 is 11.8 Å². The van der Waals surface area contributed by atoms with Gasteiger partial charge in [-0.2, -0.15) is 11.8 Å². The van der Waals surface area contributed by atoms with Crippen molar-refractivity contribution in [2.75, 3.05) is 12.8 Å². The van der Waals surface area contributed by atoms with Crippen molar-refractivity contribution in [3.63, 3.8) is 0 Å². The molecule has 7 heteroatoms. The van der Waals surface area contributed by atoms with Gasteiger partial charge in [0.1, 0.15) is 0 Å². The van der Waals surface area contributed by atoms with E-state index in [1.807, 2.05) is 10.8 Å². The highest BCUT2D eigenvalue weighted by Gasteiger charge is 2.27. The van der Waals surface area contributed by atoms with Crippen LogP contribution < -0.4 is 10.5 Å². The number of nitrogens with zero attached hydrogens (tertiary/aromatic N) is 1. The first-order valence-corrected chi connectivity index (χ1v) is 9.68. The first-order valence-electron chi connectivity index (χ1n) is 6.91. The fourth-order valence-electron chi connectivity index (χ4n) is 2.10. The van der Waals surface area contributed by atoms with E-state index in [9.17, 15) is 8.42 Å². The van der Waals surface area contributed by atoms with Crippen molar-refractivity contribution < 1.29 is 8.42 Å². The SMILES string of the molecule is CSC(C)CCNS(=O)(=O)c1cc(CN)n(C2CC2)c1. The van der Waals surface area contributed by atoms with E-state index in [0.717, 1.165) is 25.0 Å². The molecule has 0 aliphatic heterocycles. The van der Waals surface area contributed by atoms with Gasteiger partial charge in [0.2, 0.25) is 10.0 Å². The van der Waals surface area contributed by atoms with Crippen molar-refractivity contribution in [2.24, 2.45) is 5.73 Å². The normalized spacial score (nSPS) is 17.4. The van der Waals surface area contributed by atoms with Crippen molar-refractivity contribution in [3.8, 4) is 0 Å². The van der Waals surface area contributed by atoms with Crippen LogP contribution in [-0.2, 0) is 16.6 Å². The molecule has 0 radical (unpaired) electrons. The Kier molecular flexibility index (Phi) is 5.17. The minimum atomic E-state index is -3.42. The molecule has 114 valence electrons. The number of hydrogen-bond donors (Lipinski definition) is 2. The predicted octanol–water partition coefficient (Wildman–Crippen LogP) is 1.70. The summed E-state index contributed by atoms with van der Waals surface area (Å²) in [6, 6.07) is 2.13. The summed E-state index contributed by atoms with van der Waals surface area (Å²) in [7, 11) is -3.42. The second-order valence-corrected chi connectivity index (χ2v) is 8.29. The van der Waals surface area contributed by atoms with Crippen LogP contribution in [0.4, 0.5) is 0 Å². The molecule has 0 amide bonds. The van der Waals surface area contributed by atoms with Crippen molar-refractivity contribution in [1.29, 1.82) is 0 Å². The predicted molar refractivity (Wildman–Crippen MR) is 83.4 cm³/mol. The Balaban J connectivity index is 2.05. The van der Waals surface area contributed by atoms with Crippen LogP contribution in [0.3, 0.4) is 0 Å². The average Bonchev–Trinajstić information content (AvgIpc) is 3.16. The van der Waals surface area contributed by atoms with Crippen LogP contribution in [0, 0.1) is 0 Å². The van der Waals surface area contributed by atoms with Crippen LogP contribution in [0.2, 0.25) is 0 Å². The molecule has 0 saturated heterocycles. The largest absolute Gasteiger partial charge is 0.346 e. The number of sulfonamides is 1. The van der Waals surface area contributed by atoms with Gasteiger partial charge in [-0.1, -0.05) is 6.92 Å². The molecule has 3 N–H and O–H groups in total. The Morgan fingerprint density at radius 1 is 1.55 bits per heavy atom. The molecule has 1 atom stereocenters. The fraction of sp³-hybridized carbons (Fsp3) is 0.692. The summed E-state index contributed by atoms with van der Waals surface area (Å²) < 4.78 is 29.2. The fourth-order valence-corrected chi connectivity index (χ4v) is 3.55. The van der Waals surface area contributed by atoms with Gasteiger partial charge in [0.15, 0.2) is 0 Å². The van der Waals surface area contributed by atoms with Crippen LogP contribution in [0.1, 0.15) is 37.9 Å². The van der Waals surface area contributed by atoms with Gasteiger partial charge in [0.05, 0.1) is 4.90 Å². The van der Waals surface area contributed by atoms with Gasteiger partial charge in [0, 0.05) is 36.3 Å². The smallest absolute Gasteiger partial charge is 0.242 e. The maximum absolute atomic E-state index is 12.3. The third-order valence-electron chi connectivity index (χ3n) is 3.61. The molecule has 5 nitrogen and oxygen atoms in total. The molecular weight excluding hydrogens is 294 g/mol. The maximum atomic E-state index is 12.3. The maximum Gasteiger partial charge on any atom is 0.242 e. The van der Waals surface area contributed by atoms with Crippen molar-refractivity contribution >= 4 is 21.8 Å². The van der Waals surface area contributed by atoms with Crippen molar-refractivity contribution in [1.82, 2.24) is 9.29 Å². The number of rotatable bonds is 8. The Labute approximate surface area is 125 Å². The molecule has 20 heavy (non-hydrogen) atoms. The van der Waals surface area contributed by atoms with E-state index < -0.39 is 10.0 Å². The lowest BCUT2D eigenvalue weighted by Crippen LogP contribution is -2.26. The van der Waals surface area contributed by atoms with Crippen molar-refractivity contribution in [3.05, 3.63) is 18.0 Å². The molecular formula is C13H23N3O2S2. The van der Waals surface area contributed by atoms with Gasteiger partial charge in [-0.15, -0.1) is 0 Å². The first-order chi connectivity index (χ1) is 9.47. The molecule has 1 fully saturated rings. The van der Waals surface area contributed by atoms with Crippen LogP contribution in [0.15, 0.2) is 17.2 Å². The number of nitrogens with two attached hydrogens (primary N) is 1. The molecule has 1 heterocycles. The molecule has 0 aromatic carbocycles. The van der Waals surface area contributed by atoms with Crippen LogP contribution in [0.5, 0.6) is 0 Å². The summed E-state index contributed by atoms with van der Waals surface area (Å²) in [5, 5.41) is 0.452. The molecule has 1 unspecified atom stereocenters. The van der Waals surface area contributed by atoms with E-state index in [4.69, 9.17) is 5.73 Å². The summed E-state index contributed by atoms with van der Waals surface area (Å²) in [5.41, 5.74) is 6.59. The lowest BCUT2D eigenvalue weighted by atomic mass is 10.3. The molecule has 1 aromatic heterocycles. The Bertz CT molecular complexity index is 550. The van der Waals surface area contributed by atoms with E-state index in [-0.39, 0.29) is 0 Å². The summed E-state index contributed by atoms with van der Waals surface area (Å²) in [6.07, 6.45) is 6.80. The highest BCUT2D eigenvalue weighted by molar-refractivity contribution is 7.99. The minimum absolute atomic E-state index is 0.335. The lowest BCUT2D eigenvalue weighted by Gasteiger charge is -2.09. The molecule has 2 rings (SSSR count). The summed E-state index contributed by atoms with van der Waals surface area (Å²) in [4.78, 5) is 0.335. The third kappa shape index (κ3) is 3.78. The van der Waals surface area contributed by atoms with E-state index in [1.54, 1.807) is 24.0 Å². The molecule has 1 saturated carbocycles. The summed E-state index contributed by atoms with van der Waals surface area (Å²) in [6.45, 7) is 2.93. The first kappa shape index (κ1) is 15.9. The Hall–Kier alpha value is -0.500. The van der Waals surface area contributed by atoms with Gasteiger partial charge in [-0.25, -0.2) is 13.1 Å². The molecule has 1 aliphatic carbocycles. The van der Waals surface area contributed by atoms with Crippen LogP contribution in [0.25, 0.3) is 0 Å². The van der Waals surface area contributed by atoms with Crippen LogP contribution in [-0.4, -0.2) is 31.0 Å². The second kappa shape index (κ2) is 6.51. The number of aromatic nitrogens is 1. The lowest BCUT2D eigenvalue weighted by molar-refractivity contribution is 0.578. The quantitative estimate of drug-likeness (QED) is 0.765. The number of thioether (sulfide) groups is 1. The third-order valence-corrected chi connectivity index (χ3v) is 6.08. The average molecular weight is 317 g/mol. The van der Waals surface area contributed by atoms with Gasteiger partial charge >= 0.3 is 0 Å². The zero-order valence-corrected chi connectivity index (χ0v) is 13.6. The minimum Gasteiger partial charge on any atom is -0.346 e. The second-order valence-electron chi connectivity index (χ2n) is 5.24. The highest BCUT2D eigenvalue weighted by atomic mass is 32.2. The summed E-state index contributed by atoms with van der Waals surface area (Å²) in [5.74, 6) is 0. The molecule has 0 bridgehead atoms. The molecule has 1 aromatic rings. The standard InChI is InChI=1S/C13H23N3O2S2/c1-10(19-2)5-6-15-20(17,18)13-7-12(8-14)16(9-13)11-3-4-11/h7,9-11,15H,3-6,8,14H2,1-2H3. The highest BCUT2D eigenvalue weighted by Crippen LogP contribution is 2.37. The molecule has 0 spiro atoms. The zero-order chi connectivity index (χ0) is 14.8. The Morgan fingerprint density at radius 2 is 2.25 bits per heavy atom. The van der Waals surface area contributed by atoms with E-state index >= 15 is 0 Å². The Morgan fingerprint density at radius 3 is 2.80 bits per heavy atom.